The van der Waals surface area contributed by atoms with E-state index in [0.29, 0.717) is 24.0 Å². The van der Waals surface area contributed by atoms with Crippen molar-refractivity contribution in [3.8, 4) is 0 Å². The van der Waals surface area contributed by atoms with E-state index < -0.39 is 0 Å². The largest absolute Gasteiger partial charge is 0.295 e. The maximum Gasteiger partial charge on any atom is 0.159 e. The zero-order valence-electron chi connectivity index (χ0n) is 10.8. The molecule has 2 aliphatic rings. The monoisotopic (exact) mass is 296 g/mol. The van der Waals surface area contributed by atoms with E-state index in [9.17, 15) is 4.79 Å². The van der Waals surface area contributed by atoms with Gasteiger partial charge in [-0.25, -0.2) is 0 Å². The van der Waals surface area contributed by atoms with Gasteiger partial charge in [0.05, 0.1) is 0 Å². The summed E-state index contributed by atoms with van der Waals surface area (Å²) >= 11 is 3.47. The maximum absolute atomic E-state index is 12.3. The molecule has 0 saturated heterocycles. The minimum Gasteiger partial charge on any atom is -0.295 e. The molecule has 3 atom stereocenters. The third-order valence-electron chi connectivity index (χ3n) is 4.80. The Labute approximate surface area is 112 Å². The van der Waals surface area contributed by atoms with Crippen molar-refractivity contribution in [2.75, 3.05) is 5.33 Å². The average molecular weight is 297 g/mol. The molecule has 0 amide bonds. The summed E-state index contributed by atoms with van der Waals surface area (Å²) in [5, 5.41) is 0.814. The van der Waals surface area contributed by atoms with E-state index in [1.807, 2.05) is 0 Å². The highest BCUT2D eigenvalue weighted by molar-refractivity contribution is 9.09. The molecule has 0 aromatic carbocycles. The van der Waals surface area contributed by atoms with E-state index in [4.69, 9.17) is 0 Å². The molecule has 0 bridgehead atoms. The molecule has 94 valence electrons. The van der Waals surface area contributed by atoms with Gasteiger partial charge in [0.15, 0.2) is 5.78 Å². The van der Waals surface area contributed by atoms with Gasteiger partial charge in [0.2, 0.25) is 0 Å². The van der Waals surface area contributed by atoms with Gasteiger partial charge in [-0.1, -0.05) is 48.0 Å². The molecule has 3 unspecified atom stereocenters. The highest BCUT2D eigenvalue weighted by Crippen LogP contribution is 2.51. The zero-order chi connectivity index (χ0) is 12.6. The number of halogens is 1. The number of carbonyl (C=O) groups excluding carboxylic acids is 1. The van der Waals surface area contributed by atoms with Crippen molar-refractivity contribution < 1.29 is 4.79 Å². The summed E-state index contributed by atoms with van der Waals surface area (Å²) in [6.45, 7) is 8.67. The zero-order valence-corrected chi connectivity index (χ0v) is 12.3. The van der Waals surface area contributed by atoms with E-state index in [2.05, 4.69) is 42.4 Å². The van der Waals surface area contributed by atoms with Gasteiger partial charge >= 0.3 is 0 Å². The van der Waals surface area contributed by atoms with Crippen molar-refractivity contribution >= 4 is 21.7 Å². The van der Waals surface area contributed by atoms with Gasteiger partial charge in [0, 0.05) is 11.8 Å². The highest BCUT2D eigenvalue weighted by atomic mass is 79.9. The molecular formula is C15H21BrO. The summed E-state index contributed by atoms with van der Waals surface area (Å²) in [7, 11) is 0. The molecule has 0 aromatic rings. The Kier molecular flexibility index (Phi) is 3.63. The number of carbonyl (C=O) groups is 1. The third-order valence-corrected chi connectivity index (χ3v) is 5.52. The van der Waals surface area contributed by atoms with Crippen LogP contribution in [0.25, 0.3) is 0 Å². The maximum atomic E-state index is 12.3. The van der Waals surface area contributed by atoms with Gasteiger partial charge in [0.1, 0.15) is 0 Å². The molecule has 0 aliphatic heterocycles. The number of fused-ring (bicyclic) bond motifs is 1. The van der Waals surface area contributed by atoms with Crippen LogP contribution in [-0.2, 0) is 4.79 Å². The molecule has 17 heavy (non-hydrogen) atoms. The first-order chi connectivity index (χ1) is 7.99. The first-order valence-electron chi connectivity index (χ1n) is 6.46. The third kappa shape index (κ3) is 2.16. The van der Waals surface area contributed by atoms with Crippen LogP contribution in [0.15, 0.2) is 23.8 Å². The molecule has 2 aliphatic carbocycles. The molecule has 2 rings (SSSR count). The van der Waals surface area contributed by atoms with Crippen molar-refractivity contribution in [3.05, 3.63) is 23.8 Å². The standard InChI is InChI=1S/C15H21BrO/c1-10(9-16)12-7-14(17)13-6-4-5-11(2)15(13,3)8-12/h6,11-12H,1,4-5,7-9H2,2-3H3. The van der Waals surface area contributed by atoms with Crippen LogP contribution in [0.3, 0.4) is 0 Å². The van der Waals surface area contributed by atoms with Crippen molar-refractivity contribution in [2.45, 2.75) is 39.5 Å². The van der Waals surface area contributed by atoms with Gasteiger partial charge in [-0.2, -0.15) is 0 Å². The van der Waals surface area contributed by atoms with Crippen LogP contribution in [0, 0.1) is 17.3 Å². The molecule has 1 nitrogen and oxygen atoms in total. The SMILES string of the molecule is C=C(CBr)C1CC(=O)C2=CCCC(C)C2(C)C1. The lowest BCUT2D eigenvalue weighted by atomic mass is 9.57. The molecule has 0 heterocycles. The number of rotatable bonds is 2. The number of allylic oxidation sites excluding steroid dienone is 3. The summed E-state index contributed by atoms with van der Waals surface area (Å²) in [4.78, 5) is 12.3. The number of Topliss-reactive ketones (excluding diaryl/α,β-unsaturated/α-hetero) is 1. The minimum atomic E-state index is 0.0867. The van der Waals surface area contributed by atoms with Crippen LogP contribution < -0.4 is 0 Å². The second-order valence-electron chi connectivity index (χ2n) is 5.83. The number of hydrogen-bond donors (Lipinski definition) is 0. The van der Waals surface area contributed by atoms with E-state index in [1.54, 1.807) is 0 Å². The van der Waals surface area contributed by atoms with Gasteiger partial charge in [-0.05, 0) is 42.1 Å². The van der Waals surface area contributed by atoms with Crippen molar-refractivity contribution in [3.63, 3.8) is 0 Å². The van der Waals surface area contributed by atoms with Crippen LogP contribution in [0.1, 0.15) is 39.5 Å². The minimum absolute atomic E-state index is 0.0867. The summed E-state index contributed by atoms with van der Waals surface area (Å²) in [5.74, 6) is 1.33. The Bertz CT molecular complexity index is 382. The first kappa shape index (κ1) is 13.1. The van der Waals surface area contributed by atoms with E-state index in [1.165, 1.54) is 12.0 Å². The Morgan fingerprint density at radius 2 is 2.35 bits per heavy atom. The lowest BCUT2D eigenvalue weighted by molar-refractivity contribution is -0.120. The topological polar surface area (TPSA) is 17.1 Å². The second kappa shape index (κ2) is 4.72. The van der Waals surface area contributed by atoms with Crippen LogP contribution in [0.5, 0.6) is 0 Å². The van der Waals surface area contributed by atoms with Crippen LogP contribution in [-0.4, -0.2) is 11.1 Å². The predicted octanol–water partition coefficient (Wildman–Crippen LogP) is 4.28. The normalized spacial score (nSPS) is 37.4. The van der Waals surface area contributed by atoms with Crippen molar-refractivity contribution in [1.82, 2.24) is 0 Å². The lowest BCUT2D eigenvalue weighted by Crippen LogP contribution is -2.41. The van der Waals surface area contributed by atoms with Crippen molar-refractivity contribution in [1.29, 1.82) is 0 Å². The fourth-order valence-electron chi connectivity index (χ4n) is 3.35. The number of hydrogen-bond acceptors (Lipinski definition) is 1. The highest BCUT2D eigenvalue weighted by Gasteiger charge is 2.45. The molecular weight excluding hydrogens is 276 g/mol. The smallest absolute Gasteiger partial charge is 0.159 e. The molecule has 0 N–H and O–H groups in total. The fraction of sp³-hybridized carbons (Fsp3) is 0.667. The first-order valence-corrected chi connectivity index (χ1v) is 7.58. The second-order valence-corrected chi connectivity index (χ2v) is 6.39. The predicted molar refractivity (Wildman–Crippen MR) is 75.3 cm³/mol. The van der Waals surface area contributed by atoms with Gasteiger partial charge < -0.3 is 0 Å². The Morgan fingerprint density at radius 3 is 3.00 bits per heavy atom. The van der Waals surface area contributed by atoms with Gasteiger partial charge in [0.25, 0.3) is 0 Å². The van der Waals surface area contributed by atoms with Crippen LogP contribution in [0.2, 0.25) is 0 Å². The Balaban J connectivity index is 2.31. The summed E-state index contributed by atoms with van der Waals surface area (Å²) in [5.41, 5.74) is 2.37. The Morgan fingerprint density at radius 1 is 1.65 bits per heavy atom. The van der Waals surface area contributed by atoms with E-state index in [-0.39, 0.29) is 5.41 Å². The van der Waals surface area contributed by atoms with Gasteiger partial charge in [-0.15, -0.1) is 0 Å². The molecule has 2 heteroatoms. The van der Waals surface area contributed by atoms with Crippen LogP contribution >= 0.6 is 15.9 Å². The Hall–Kier alpha value is -0.370. The fourth-order valence-corrected chi connectivity index (χ4v) is 3.81. The quantitative estimate of drug-likeness (QED) is 0.549. The molecule has 0 radical (unpaired) electrons. The lowest BCUT2D eigenvalue weighted by Gasteiger charge is -2.46. The number of alkyl halides is 1. The molecule has 0 spiro atoms. The van der Waals surface area contributed by atoms with E-state index >= 15 is 0 Å². The molecule has 1 fully saturated rings. The van der Waals surface area contributed by atoms with Crippen LogP contribution in [0.4, 0.5) is 0 Å². The average Bonchev–Trinajstić information content (AvgIpc) is 2.30. The summed E-state index contributed by atoms with van der Waals surface area (Å²) in [6, 6.07) is 0. The summed E-state index contributed by atoms with van der Waals surface area (Å²) in [6.07, 6.45) is 6.23. The van der Waals surface area contributed by atoms with E-state index in [0.717, 1.165) is 23.7 Å². The molecule has 1 saturated carbocycles. The van der Waals surface area contributed by atoms with Gasteiger partial charge in [-0.3, -0.25) is 4.79 Å². The molecule has 0 aromatic heterocycles. The number of ketones is 1. The summed E-state index contributed by atoms with van der Waals surface area (Å²) < 4.78 is 0. The van der Waals surface area contributed by atoms with Crippen molar-refractivity contribution in [2.24, 2.45) is 17.3 Å².